The number of benzene rings is 4. The molecule has 0 aliphatic rings. The van der Waals surface area contributed by atoms with E-state index >= 15 is 0 Å². The van der Waals surface area contributed by atoms with E-state index in [9.17, 15) is 55.0 Å². The van der Waals surface area contributed by atoms with Crippen molar-refractivity contribution in [3.63, 3.8) is 0 Å². The van der Waals surface area contributed by atoms with Gasteiger partial charge in [-0.1, -0.05) is 35.3 Å². The van der Waals surface area contributed by atoms with Crippen LogP contribution in [0.25, 0.3) is 44.1 Å². The third kappa shape index (κ3) is 12.3. The van der Waals surface area contributed by atoms with Crippen molar-refractivity contribution in [3.05, 3.63) is 152 Å². The van der Waals surface area contributed by atoms with E-state index < -0.39 is 66.8 Å². The predicted octanol–water partition coefficient (Wildman–Crippen LogP) is 4.33. The van der Waals surface area contributed by atoms with Crippen molar-refractivity contribution in [1.82, 2.24) is 39.7 Å². The lowest BCUT2D eigenvalue weighted by Crippen LogP contribution is -2.37. The number of hydrogen-bond donors (Lipinski definition) is 6. The number of methoxy groups -OCH3 is 2. The summed E-state index contributed by atoms with van der Waals surface area (Å²) in [7, 11) is -3.15. The Balaban J connectivity index is 0.000000221. The van der Waals surface area contributed by atoms with Gasteiger partial charge in [0.1, 0.15) is 32.8 Å². The first-order chi connectivity index (χ1) is 36.1. The number of halogens is 4. The maximum absolute atomic E-state index is 13.4. The molecule has 22 nitrogen and oxygen atoms in total. The molecule has 0 radical (unpaired) electrons. The number of carbonyl (C=O) groups is 2. The normalized spacial score (nSPS) is 12.2. The van der Waals surface area contributed by atoms with Crippen LogP contribution < -0.4 is 40.7 Å². The van der Waals surface area contributed by atoms with Crippen LogP contribution in [-0.2, 0) is 42.7 Å². The molecular weight excluding hydrogens is 1080 g/mol. The van der Waals surface area contributed by atoms with Gasteiger partial charge in [0, 0.05) is 37.6 Å². The number of ether oxygens (including phenoxy) is 2. The first-order valence-electron chi connectivity index (χ1n) is 21.9. The zero-order valence-electron chi connectivity index (χ0n) is 39.9. The number of pyridine rings is 2. The average Bonchev–Trinajstić information content (AvgIpc) is 3.39. The second kappa shape index (κ2) is 23.2. The van der Waals surface area contributed by atoms with Gasteiger partial charge in [0.15, 0.2) is 12.2 Å². The monoisotopic (exact) mass is 1120 g/mol. The van der Waals surface area contributed by atoms with Gasteiger partial charge in [0.05, 0.1) is 71.8 Å². The molecule has 0 aliphatic heterocycles. The van der Waals surface area contributed by atoms with Crippen molar-refractivity contribution < 1.29 is 54.9 Å². The van der Waals surface area contributed by atoms with Crippen LogP contribution in [-0.4, -0.2) is 108 Å². The number of likely N-dealkylation sites (N-methyl/N-ethyl adjacent to an activating group) is 2. The predicted molar refractivity (Wildman–Crippen MR) is 276 cm³/mol. The van der Waals surface area contributed by atoms with Crippen LogP contribution in [0.1, 0.15) is 0 Å². The van der Waals surface area contributed by atoms with E-state index in [4.69, 9.17) is 32.7 Å². The van der Waals surface area contributed by atoms with Crippen molar-refractivity contribution in [2.75, 3.05) is 37.8 Å². The second-order valence-electron chi connectivity index (χ2n) is 16.1. The fraction of sp³-hybridized carbons (Fsp3) is 0.167. The highest BCUT2D eigenvalue weighted by atomic mass is 35.5. The first-order valence-corrected chi connectivity index (χ1v) is 25.6. The quantitative estimate of drug-likeness (QED) is 0.0784. The molecule has 4 aromatic carbocycles. The Morgan fingerprint density at radius 3 is 1.32 bits per heavy atom. The molecule has 396 valence electrons. The van der Waals surface area contributed by atoms with Crippen LogP contribution in [0.3, 0.4) is 0 Å². The van der Waals surface area contributed by atoms with Crippen LogP contribution in [0.5, 0.6) is 11.8 Å². The van der Waals surface area contributed by atoms with E-state index in [2.05, 4.69) is 40.0 Å². The molecule has 0 bridgehead atoms. The average molecular weight is 1120 g/mol. The van der Waals surface area contributed by atoms with Crippen LogP contribution in [0.15, 0.2) is 129 Å². The largest absolute Gasteiger partial charge is 0.480 e. The smallest absolute Gasteiger partial charge is 0.263 e. The Morgan fingerprint density at radius 2 is 0.974 bits per heavy atom. The van der Waals surface area contributed by atoms with Gasteiger partial charge in [-0.15, -0.1) is 0 Å². The minimum atomic E-state index is -4.25. The highest BCUT2D eigenvalue weighted by Gasteiger charge is 2.24. The minimum absolute atomic E-state index is 0.0252. The van der Waals surface area contributed by atoms with Crippen molar-refractivity contribution >= 4 is 88.2 Å². The number of fused-ring (bicyclic) bond motifs is 2. The Kier molecular flexibility index (Phi) is 17.0. The number of anilines is 2. The number of rotatable bonds is 16. The van der Waals surface area contributed by atoms with Gasteiger partial charge in [0.2, 0.25) is 23.6 Å². The van der Waals surface area contributed by atoms with Crippen molar-refractivity contribution in [2.24, 2.45) is 0 Å². The van der Waals surface area contributed by atoms with E-state index in [0.29, 0.717) is 33.3 Å². The number of aromatic nitrogens is 6. The Bertz CT molecular complexity index is 3680. The summed E-state index contributed by atoms with van der Waals surface area (Å²) in [5.74, 6) is -2.75. The Hall–Kier alpha value is -8.14. The fourth-order valence-electron chi connectivity index (χ4n) is 7.29. The van der Waals surface area contributed by atoms with E-state index in [1.807, 2.05) is 0 Å². The summed E-state index contributed by atoms with van der Waals surface area (Å²) >= 11 is 11.9. The van der Waals surface area contributed by atoms with Gasteiger partial charge in [-0.05, 0) is 83.9 Å². The maximum Gasteiger partial charge on any atom is 0.263 e. The standard InChI is InChI=1S/2C24H21ClFN5O6S/c2*1-27-22(33)20(32)11-31-12-29-18-5-3-13(7-16(18)24(31)34)14-8-19(23(37-2)28-10-14)30-38(35,36)21-6-4-15(26)9-17(21)25/h2*3-10,12,20,30,32H,11H2,1-2H3,(H,27,33)/t2*20-/m10/s1. The molecule has 28 heteroatoms. The number of sulfonamides is 2. The molecule has 0 saturated carbocycles. The van der Waals surface area contributed by atoms with Crippen LogP contribution in [0.2, 0.25) is 10.0 Å². The zero-order chi connectivity index (χ0) is 55.2. The van der Waals surface area contributed by atoms with E-state index in [1.54, 1.807) is 24.3 Å². The lowest BCUT2D eigenvalue weighted by atomic mass is 10.1. The summed E-state index contributed by atoms with van der Waals surface area (Å²) in [6.07, 6.45) is 2.42. The number of aliphatic hydroxyl groups excluding tert-OH is 2. The first kappa shape index (κ1) is 55.6. The van der Waals surface area contributed by atoms with Gasteiger partial charge in [-0.2, -0.15) is 0 Å². The third-order valence-corrected chi connectivity index (χ3v) is 14.8. The van der Waals surface area contributed by atoms with Crippen LogP contribution in [0.4, 0.5) is 20.2 Å². The molecule has 0 unspecified atom stereocenters. The molecule has 0 saturated heterocycles. The SMILES string of the molecule is CNC(=O)[C@@H](O)Cn1cnc2ccc(-c3cnc(OC)c(NS(=O)(=O)c4ccc(F)cc4Cl)c3)cc2c1=O.CNC(=O)[C@H](O)Cn1cnc2ccc(-c3cnc(OC)c(NS(=O)(=O)c4ccc(F)cc4Cl)c3)cc2c1=O. The lowest BCUT2D eigenvalue weighted by molar-refractivity contribution is -0.130. The molecule has 8 aromatic rings. The number of aliphatic hydroxyl groups is 2. The molecule has 2 atom stereocenters. The van der Waals surface area contributed by atoms with Crippen molar-refractivity contribution in [1.29, 1.82) is 0 Å². The van der Waals surface area contributed by atoms with E-state index in [-0.39, 0.29) is 66.8 Å². The molecule has 6 N–H and O–H groups in total. The molecule has 76 heavy (non-hydrogen) atoms. The van der Waals surface area contributed by atoms with E-state index in [0.717, 1.165) is 45.5 Å². The Labute approximate surface area is 440 Å². The fourth-order valence-corrected chi connectivity index (χ4v) is 10.4. The molecule has 0 aliphatic carbocycles. The highest BCUT2D eigenvalue weighted by molar-refractivity contribution is 7.93. The second-order valence-corrected chi connectivity index (χ2v) is 20.2. The van der Waals surface area contributed by atoms with Gasteiger partial charge >= 0.3 is 0 Å². The number of nitrogens with zero attached hydrogens (tertiary/aromatic N) is 6. The van der Waals surface area contributed by atoms with Gasteiger partial charge in [-0.25, -0.2) is 45.6 Å². The molecule has 2 amide bonds. The number of hydrogen-bond acceptors (Lipinski definition) is 16. The van der Waals surface area contributed by atoms with Crippen LogP contribution >= 0.6 is 23.2 Å². The Morgan fingerprint density at radius 1 is 0.592 bits per heavy atom. The van der Waals surface area contributed by atoms with Gasteiger partial charge < -0.3 is 30.3 Å². The molecule has 4 aromatic heterocycles. The van der Waals surface area contributed by atoms with Gasteiger partial charge in [-0.3, -0.25) is 37.8 Å². The van der Waals surface area contributed by atoms with Gasteiger partial charge in [0.25, 0.3) is 31.2 Å². The number of carbonyl (C=O) groups excluding carboxylic acids is 2. The maximum atomic E-state index is 13.4. The summed E-state index contributed by atoms with van der Waals surface area (Å²) < 4.78 is 96.0. The molecule has 0 fully saturated rings. The summed E-state index contributed by atoms with van der Waals surface area (Å²) in [5.41, 5.74) is 1.56. The minimum Gasteiger partial charge on any atom is -0.480 e. The summed E-state index contributed by atoms with van der Waals surface area (Å²) in [4.78, 5) is 65.4. The topological polar surface area (TPSA) is 305 Å². The zero-order valence-corrected chi connectivity index (χ0v) is 43.1. The van der Waals surface area contributed by atoms with Crippen molar-refractivity contribution in [2.45, 2.75) is 35.1 Å². The molecule has 8 rings (SSSR count). The number of nitrogens with one attached hydrogen (secondary N) is 4. The molecule has 4 heterocycles. The summed E-state index contributed by atoms with van der Waals surface area (Å²) in [6, 6.07) is 18.3. The van der Waals surface area contributed by atoms with Crippen LogP contribution in [0, 0.1) is 11.6 Å². The summed E-state index contributed by atoms with van der Waals surface area (Å²) in [5, 5.41) is 24.4. The van der Waals surface area contributed by atoms with Crippen molar-refractivity contribution in [3.8, 4) is 34.0 Å². The highest BCUT2D eigenvalue weighted by Crippen LogP contribution is 2.34. The molecular formula is C48H42Cl2F2N10O12S2. The lowest BCUT2D eigenvalue weighted by Gasteiger charge is -2.14. The third-order valence-electron chi connectivity index (χ3n) is 11.1. The van der Waals surface area contributed by atoms with E-state index in [1.165, 1.54) is 77.6 Å². The summed E-state index contributed by atoms with van der Waals surface area (Å²) in [6.45, 7) is -0.596. The molecule has 0 spiro atoms. The number of amides is 2.